The van der Waals surface area contributed by atoms with Crippen molar-refractivity contribution in [3.05, 3.63) is 70.9 Å². The van der Waals surface area contributed by atoms with Gasteiger partial charge in [-0.15, -0.1) is 0 Å². The molecule has 122 valence electrons. The van der Waals surface area contributed by atoms with E-state index in [4.69, 9.17) is 0 Å². The lowest BCUT2D eigenvalue weighted by Crippen LogP contribution is -2.21. The minimum absolute atomic E-state index is 1.11. The molecule has 0 saturated heterocycles. The summed E-state index contributed by atoms with van der Waals surface area (Å²) < 4.78 is 2.41. The van der Waals surface area contributed by atoms with Crippen LogP contribution in [0.5, 0.6) is 0 Å². The lowest BCUT2D eigenvalue weighted by atomic mass is 10.1. The number of hydrogen-bond acceptors (Lipinski definition) is 1. The van der Waals surface area contributed by atoms with Crippen LogP contribution in [0.1, 0.15) is 22.4 Å². The third-order valence-electron chi connectivity index (χ3n) is 5.07. The molecule has 0 aliphatic carbocycles. The second kappa shape index (κ2) is 6.29. The van der Waals surface area contributed by atoms with Crippen LogP contribution in [-0.2, 0) is 12.8 Å². The molecule has 0 amide bonds. The van der Waals surface area contributed by atoms with Gasteiger partial charge in [0.15, 0.2) is 0 Å². The van der Waals surface area contributed by atoms with Crippen molar-refractivity contribution in [1.29, 1.82) is 0 Å². The quantitative estimate of drug-likeness (QED) is 0.670. The highest BCUT2D eigenvalue weighted by atomic mass is 15.1. The van der Waals surface area contributed by atoms with Crippen molar-refractivity contribution in [2.45, 2.75) is 19.8 Å². The average molecular weight is 316 g/mol. The van der Waals surface area contributed by atoms with Gasteiger partial charge in [0, 0.05) is 36.8 Å². The summed E-state index contributed by atoms with van der Waals surface area (Å²) in [6.45, 7) is 4.45. The maximum atomic E-state index is 2.44. The van der Waals surface area contributed by atoms with Crippen LogP contribution in [0, 0.1) is 6.92 Å². The van der Waals surface area contributed by atoms with Crippen molar-refractivity contribution in [3.63, 3.8) is 0 Å². The number of fused-ring (bicyclic) bond motifs is 3. The zero-order chi connectivity index (χ0) is 16.5. The molecule has 4 rings (SSSR count). The van der Waals surface area contributed by atoms with Crippen LogP contribution < -0.4 is 0 Å². The topological polar surface area (TPSA) is 8.17 Å². The molecule has 0 N–H and O–H groups in total. The van der Waals surface area contributed by atoms with Crippen molar-refractivity contribution < 1.29 is 0 Å². The van der Waals surface area contributed by atoms with E-state index >= 15 is 0 Å². The molecule has 0 unspecified atom stereocenters. The molecule has 0 spiro atoms. The first-order valence-electron chi connectivity index (χ1n) is 8.76. The highest BCUT2D eigenvalue weighted by Gasteiger charge is 2.19. The van der Waals surface area contributed by atoms with Gasteiger partial charge in [-0.1, -0.05) is 42.0 Å². The third kappa shape index (κ3) is 2.78. The lowest BCUT2D eigenvalue weighted by Gasteiger charge is -2.12. The van der Waals surface area contributed by atoms with Crippen molar-refractivity contribution >= 4 is 23.2 Å². The number of benzene rings is 2. The summed E-state index contributed by atoms with van der Waals surface area (Å²) in [7, 11) is 2.23. The minimum atomic E-state index is 1.11. The molecule has 2 aromatic carbocycles. The average Bonchev–Trinajstić information content (AvgIpc) is 2.74. The van der Waals surface area contributed by atoms with Crippen LogP contribution in [0.15, 0.2) is 48.5 Å². The fourth-order valence-corrected chi connectivity index (χ4v) is 3.70. The van der Waals surface area contributed by atoms with Gasteiger partial charge in [-0.2, -0.15) is 0 Å². The van der Waals surface area contributed by atoms with Crippen molar-refractivity contribution in [2.75, 3.05) is 20.1 Å². The van der Waals surface area contributed by atoms with E-state index in [9.17, 15) is 0 Å². The highest BCUT2D eigenvalue weighted by molar-refractivity contribution is 5.89. The van der Waals surface area contributed by atoms with Gasteiger partial charge in [0.2, 0.25) is 0 Å². The van der Waals surface area contributed by atoms with Crippen molar-refractivity contribution in [1.82, 2.24) is 9.47 Å². The Morgan fingerprint density at radius 1 is 0.958 bits per heavy atom. The normalized spacial score (nSPS) is 15.8. The summed E-state index contributed by atoms with van der Waals surface area (Å²) in [5.41, 5.74) is 6.93. The molecule has 2 heteroatoms. The largest absolute Gasteiger partial charge is 0.320 e. The number of likely N-dealkylation sites (N-methyl/N-ethyl adjacent to an activating group) is 1. The third-order valence-corrected chi connectivity index (χ3v) is 5.07. The summed E-state index contributed by atoms with van der Waals surface area (Å²) in [5, 5.41) is 1.43. The van der Waals surface area contributed by atoms with Crippen LogP contribution in [0.3, 0.4) is 0 Å². The van der Waals surface area contributed by atoms with E-state index in [1.54, 1.807) is 0 Å². The molecule has 0 atom stereocenters. The molecule has 0 radical (unpaired) electrons. The summed E-state index contributed by atoms with van der Waals surface area (Å²) >= 11 is 0. The Kier molecular flexibility index (Phi) is 3.99. The smallest absolute Gasteiger partial charge is 0.0528 e. The molecule has 3 aromatic rings. The molecule has 0 saturated carbocycles. The number of aromatic nitrogens is 1. The summed E-state index contributed by atoms with van der Waals surface area (Å²) in [5.74, 6) is 0. The summed E-state index contributed by atoms with van der Waals surface area (Å²) in [4.78, 5) is 2.44. The fraction of sp³-hybridized carbons (Fsp3) is 0.273. The van der Waals surface area contributed by atoms with Crippen LogP contribution in [-0.4, -0.2) is 29.6 Å². The van der Waals surface area contributed by atoms with E-state index in [1.807, 2.05) is 0 Å². The second-order valence-corrected chi connectivity index (χ2v) is 6.85. The standard InChI is InChI=1S/C22H24N2/c1-17-8-9-21-20(16-17)19-11-13-23(2)14-12-22(19)24(21)15-10-18-6-4-3-5-7-18/h3-10,15-16H,11-14H2,1-2H3/b15-10+. The van der Waals surface area contributed by atoms with Gasteiger partial charge in [-0.25, -0.2) is 0 Å². The molecular weight excluding hydrogens is 292 g/mol. The lowest BCUT2D eigenvalue weighted by molar-refractivity contribution is 0.351. The first-order valence-corrected chi connectivity index (χ1v) is 8.76. The van der Waals surface area contributed by atoms with E-state index in [-0.39, 0.29) is 0 Å². The molecule has 24 heavy (non-hydrogen) atoms. The van der Waals surface area contributed by atoms with Gasteiger partial charge < -0.3 is 9.47 Å². The Balaban J connectivity index is 1.86. The Morgan fingerprint density at radius 2 is 1.75 bits per heavy atom. The van der Waals surface area contributed by atoms with Gasteiger partial charge in [0.25, 0.3) is 0 Å². The van der Waals surface area contributed by atoms with E-state index in [0.29, 0.717) is 0 Å². The summed E-state index contributed by atoms with van der Waals surface area (Å²) in [6.07, 6.45) is 6.71. The first kappa shape index (κ1) is 15.2. The zero-order valence-electron chi connectivity index (χ0n) is 14.5. The van der Waals surface area contributed by atoms with Crippen molar-refractivity contribution in [3.8, 4) is 0 Å². The van der Waals surface area contributed by atoms with Gasteiger partial charge in [-0.05, 0) is 49.7 Å². The Labute approximate surface area is 144 Å². The molecule has 2 heterocycles. The minimum Gasteiger partial charge on any atom is -0.320 e. The number of rotatable bonds is 2. The molecule has 0 bridgehead atoms. The molecular formula is C22H24N2. The maximum Gasteiger partial charge on any atom is 0.0528 e. The predicted molar refractivity (Wildman–Crippen MR) is 103 cm³/mol. The van der Waals surface area contributed by atoms with Gasteiger partial charge >= 0.3 is 0 Å². The monoisotopic (exact) mass is 316 g/mol. The summed E-state index contributed by atoms with van der Waals surface area (Å²) in [6, 6.07) is 17.4. The van der Waals surface area contributed by atoms with E-state index in [0.717, 1.165) is 25.9 Å². The zero-order valence-corrected chi connectivity index (χ0v) is 14.5. The van der Waals surface area contributed by atoms with E-state index in [2.05, 4.69) is 84.2 Å². The van der Waals surface area contributed by atoms with Gasteiger partial charge in [-0.3, -0.25) is 0 Å². The Morgan fingerprint density at radius 3 is 2.58 bits per heavy atom. The van der Waals surface area contributed by atoms with Crippen LogP contribution in [0.2, 0.25) is 0 Å². The first-order chi connectivity index (χ1) is 11.7. The Bertz CT molecular complexity index is 887. The fourth-order valence-electron chi connectivity index (χ4n) is 3.70. The highest BCUT2D eigenvalue weighted by Crippen LogP contribution is 2.30. The van der Waals surface area contributed by atoms with Crippen LogP contribution >= 0.6 is 0 Å². The Hall–Kier alpha value is -2.32. The molecule has 1 aliphatic heterocycles. The molecule has 1 aliphatic rings. The maximum absolute atomic E-state index is 2.44. The predicted octanol–water partition coefficient (Wildman–Crippen LogP) is 4.61. The second-order valence-electron chi connectivity index (χ2n) is 6.85. The molecule has 2 nitrogen and oxygen atoms in total. The van der Waals surface area contributed by atoms with Crippen LogP contribution in [0.4, 0.5) is 0 Å². The van der Waals surface area contributed by atoms with Gasteiger partial charge in [0.05, 0.1) is 5.52 Å². The van der Waals surface area contributed by atoms with Gasteiger partial charge in [0.1, 0.15) is 0 Å². The molecule has 0 fully saturated rings. The molecule has 1 aromatic heterocycles. The van der Waals surface area contributed by atoms with E-state index < -0.39 is 0 Å². The number of aryl methyl sites for hydroxylation is 1. The SMILES string of the molecule is Cc1ccc2c(c1)c1c(n2/C=C/c2ccccc2)CCN(C)CC1. The van der Waals surface area contributed by atoms with Crippen LogP contribution in [0.25, 0.3) is 23.2 Å². The number of nitrogens with zero attached hydrogens (tertiary/aromatic N) is 2. The van der Waals surface area contributed by atoms with Crippen molar-refractivity contribution in [2.24, 2.45) is 0 Å². The van der Waals surface area contributed by atoms with E-state index in [1.165, 1.54) is 33.3 Å². The number of hydrogen-bond donors (Lipinski definition) is 0.